The van der Waals surface area contributed by atoms with Gasteiger partial charge < -0.3 is 19.9 Å². The number of nitrogens with one attached hydrogen (secondary N) is 1. The SMILES string of the molecule is CCN(CC(=O)Nc1ccc(N2CCOCC2)cc1)C(=O)c1ccc([N+](=O)[O-])cc1. The Kier molecular flexibility index (Phi) is 6.97. The number of carbonyl (C=O) groups is 2. The molecule has 1 N–H and O–H groups in total. The Morgan fingerprint density at radius 3 is 2.30 bits per heavy atom. The third kappa shape index (κ3) is 5.32. The van der Waals surface area contributed by atoms with Gasteiger partial charge in [-0.3, -0.25) is 19.7 Å². The fraction of sp³-hybridized carbons (Fsp3) is 0.333. The minimum Gasteiger partial charge on any atom is -0.378 e. The van der Waals surface area contributed by atoms with E-state index in [1.165, 1.54) is 29.2 Å². The molecule has 0 atom stereocenters. The number of ether oxygens (including phenoxy) is 1. The van der Waals surface area contributed by atoms with Crippen molar-refractivity contribution in [2.45, 2.75) is 6.92 Å². The summed E-state index contributed by atoms with van der Waals surface area (Å²) in [7, 11) is 0. The number of nitrogens with zero attached hydrogens (tertiary/aromatic N) is 3. The van der Waals surface area contributed by atoms with E-state index in [-0.39, 0.29) is 24.0 Å². The van der Waals surface area contributed by atoms with E-state index in [4.69, 9.17) is 4.74 Å². The molecule has 30 heavy (non-hydrogen) atoms. The predicted molar refractivity (Wildman–Crippen MR) is 113 cm³/mol. The molecule has 2 amide bonds. The van der Waals surface area contributed by atoms with Gasteiger partial charge in [-0.15, -0.1) is 0 Å². The molecular formula is C21H24N4O5. The van der Waals surface area contributed by atoms with Gasteiger partial charge in [0.15, 0.2) is 0 Å². The number of likely N-dealkylation sites (N-methyl/N-ethyl adjacent to an activating group) is 1. The van der Waals surface area contributed by atoms with Crippen molar-refractivity contribution in [3.05, 3.63) is 64.2 Å². The molecule has 9 nitrogen and oxygen atoms in total. The molecule has 1 saturated heterocycles. The van der Waals surface area contributed by atoms with Crippen LogP contribution in [0.1, 0.15) is 17.3 Å². The molecule has 1 heterocycles. The van der Waals surface area contributed by atoms with Crippen LogP contribution in [0.15, 0.2) is 48.5 Å². The predicted octanol–water partition coefficient (Wildman–Crippen LogP) is 2.53. The Labute approximate surface area is 174 Å². The van der Waals surface area contributed by atoms with Crippen molar-refractivity contribution >= 4 is 28.9 Å². The Bertz CT molecular complexity index is 893. The van der Waals surface area contributed by atoms with E-state index in [1.807, 2.05) is 24.3 Å². The zero-order valence-electron chi connectivity index (χ0n) is 16.7. The van der Waals surface area contributed by atoms with Crippen molar-refractivity contribution in [1.82, 2.24) is 4.90 Å². The monoisotopic (exact) mass is 412 g/mol. The summed E-state index contributed by atoms with van der Waals surface area (Å²) < 4.78 is 5.35. The molecule has 0 radical (unpaired) electrons. The van der Waals surface area contributed by atoms with E-state index in [1.54, 1.807) is 6.92 Å². The summed E-state index contributed by atoms with van der Waals surface area (Å²) in [5.74, 6) is -0.670. The Morgan fingerprint density at radius 2 is 1.73 bits per heavy atom. The maximum absolute atomic E-state index is 12.6. The molecular weight excluding hydrogens is 388 g/mol. The lowest BCUT2D eigenvalue weighted by molar-refractivity contribution is -0.384. The largest absolute Gasteiger partial charge is 0.378 e. The molecule has 0 unspecified atom stereocenters. The van der Waals surface area contributed by atoms with E-state index in [2.05, 4.69) is 10.2 Å². The molecule has 9 heteroatoms. The second-order valence-electron chi connectivity index (χ2n) is 6.82. The zero-order valence-corrected chi connectivity index (χ0v) is 16.7. The first-order chi connectivity index (χ1) is 14.5. The highest BCUT2D eigenvalue weighted by Crippen LogP contribution is 2.19. The van der Waals surface area contributed by atoms with E-state index in [9.17, 15) is 19.7 Å². The minimum absolute atomic E-state index is 0.0899. The number of non-ortho nitro benzene ring substituents is 1. The first-order valence-electron chi connectivity index (χ1n) is 9.74. The van der Waals surface area contributed by atoms with Gasteiger partial charge in [-0.05, 0) is 43.3 Å². The molecule has 0 saturated carbocycles. The summed E-state index contributed by atoms with van der Waals surface area (Å²) >= 11 is 0. The lowest BCUT2D eigenvalue weighted by atomic mass is 10.2. The Hall–Kier alpha value is -3.46. The normalized spacial score (nSPS) is 13.6. The van der Waals surface area contributed by atoms with Crippen molar-refractivity contribution in [3.8, 4) is 0 Å². The highest BCUT2D eigenvalue weighted by atomic mass is 16.6. The average Bonchev–Trinajstić information content (AvgIpc) is 2.78. The van der Waals surface area contributed by atoms with Crippen LogP contribution in [-0.2, 0) is 9.53 Å². The number of hydrogen-bond acceptors (Lipinski definition) is 6. The van der Waals surface area contributed by atoms with Crippen molar-refractivity contribution in [2.75, 3.05) is 49.6 Å². The smallest absolute Gasteiger partial charge is 0.269 e. The van der Waals surface area contributed by atoms with E-state index in [0.717, 1.165) is 18.8 Å². The fourth-order valence-electron chi connectivity index (χ4n) is 3.19. The van der Waals surface area contributed by atoms with Crippen LogP contribution in [-0.4, -0.2) is 61.0 Å². The molecule has 2 aromatic carbocycles. The highest BCUT2D eigenvalue weighted by Gasteiger charge is 2.19. The fourth-order valence-corrected chi connectivity index (χ4v) is 3.19. The summed E-state index contributed by atoms with van der Waals surface area (Å²) in [6.45, 7) is 5.07. The van der Waals surface area contributed by atoms with Gasteiger partial charge in [0.1, 0.15) is 6.54 Å². The summed E-state index contributed by atoms with van der Waals surface area (Å²) in [5, 5.41) is 13.6. The van der Waals surface area contributed by atoms with Crippen LogP contribution in [0.4, 0.5) is 17.1 Å². The summed E-state index contributed by atoms with van der Waals surface area (Å²) in [5.41, 5.74) is 1.92. The first-order valence-corrected chi connectivity index (χ1v) is 9.74. The molecule has 1 aliphatic heterocycles. The van der Waals surface area contributed by atoms with Crippen molar-refractivity contribution < 1.29 is 19.2 Å². The van der Waals surface area contributed by atoms with Crippen molar-refractivity contribution in [3.63, 3.8) is 0 Å². The Balaban J connectivity index is 1.58. The summed E-state index contributed by atoms with van der Waals surface area (Å²) in [6.07, 6.45) is 0. The molecule has 158 valence electrons. The van der Waals surface area contributed by atoms with E-state index in [0.29, 0.717) is 31.0 Å². The molecule has 0 aromatic heterocycles. The summed E-state index contributed by atoms with van der Waals surface area (Å²) in [4.78, 5) is 38.9. The van der Waals surface area contributed by atoms with Crippen LogP contribution < -0.4 is 10.2 Å². The standard InChI is InChI=1S/C21H24N4O5/c1-2-23(21(27)16-3-7-19(8-4-16)25(28)29)15-20(26)22-17-5-9-18(10-6-17)24-11-13-30-14-12-24/h3-10H,2,11-15H2,1H3,(H,22,26). The van der Waals surface area contributed by atoms with Gasteiger partial charge in [-0.1, -0.05) is 0 Å². The maximum Gasteiger partial charge on any atom is 0.269 e. The Morgan fingerprint density at radius 1 is 1.10 bits per heavy atom. The van der Waals surface area contributed by atoms with Crippen LogP contribution in [0.25, 0.3) is 0 Å². The van der Waals surface area contributed by atoms with E-state index >= 15 is 0 Å². The van der Waals surface area contributed by atoms with Gasteiger partial charge >= 0.3 is 0 Å². The van der Waals surface area contributed by atoms with Crippen LogP contribution >= 0.6 is 0 Å². The van der Waals surface area contributed by atoms with E-state index < -0.39 is 4.92 Å². The molecule has 1 aliphatic rings. The van der Waals surface area contributed by atoms with Crippen LogP contribution in [0, 0.1) is 10.1 Å². The van der Waals surface area contributed by atoms with Crippen LogP contribution in [0.5, 0.6) is 0 Å². The molecule has 3 rings (SSSR count). The second-order valence-corrected chi connectivity index (χ2v) is 6.82. The first kappa shape index (κ1) is 21.3. The topological polar surface area (TPSA) is 105 Å². The third-order valence-electron chi connectivity index (χ3n) is 4.86. The number of nitro groups is 1. The van der Waals surface area contributed by atoms with Gasteiger partial charge in [0.2, 0.25) is 5.91 Å². The number of anilines is 2. The average molecular weight is 412 g/mol. The van der Waals surface area contributed by atoms with Crippen molar-refractivity contribution in [1.29, 1.82) is 0 Å². The maximum atomic E-state index is 12.6. The molecule has 0 spiro atoms. The summed E-state index contributed by atoms with van der Waals surface area (Å²) in [6, 6.07) is 12.9. The number of morpholine rings is 1. The molecule has 1 fully saturated rings. The lowest BCUT2D eigenvalue weighted by Gasteiger charge is -2.29. The number of carbonyl (C=O) groups excluding carboxylic acids is 2. The molecule has 0 aliphatic carbocycles. The van der Waals surface area contributed by atoms with Gasteiger partial charge in [-0.25, -0.2) is 0 Å². The number of hydrogen-bond donors (Lipinski definition) is 1. The van der Waals surface area contributed by atoms with Gasteiger partial charge in [-0.2, -0.15) is 0 Å². The van der Waals surface area contributed by atoms with Crippen molar-refractivity contribution in [2.24, 2.45) is 0 Å². The van der Waals surface area contributed by atoms with Gasteiger partial charge in [0.25, 0.3) is 11.6 Å². The van der Waals surface area contributed by atoms with Gasteiger partial charge in [0, 0.05) is 48.7 Å². The van der Waals surface area contributed by atoms with Crippen LogP contribution in [0.3, 0.4) is 0 Å². The lowest BCUT2D eigenvalue weighted by Crippen LogP contribution is -2.38. The number of rotatable bonds is 7. The number of benzene rings is 2. The van der Waals surface area contributed by atoms with Gasteiger partial charge in [0.05, 0.1) is 18.1 Å². The third-order valence-corrected chi connectivity index (χ3v) is 4.86. The van der Waals surface area contributed by atoms with Crippen LogP contribution in [0.2, 0.25) is 0 Å². The quantitative estimate of drug-likeness (QED) is 0.553. The minimum atomic E-state index is -0.524. The zero-order chi connectivity index (χ0) is 21.5. The number of nitro benzene ring substituents is 1. The highest BCUT2D eigenvalue weighted by molar-refractivity contribution is 5.99. The number of amides is 2. The second kappa shape index (κ2) is 9.84. The molecule has 2 aromatic rings. The molecule has 0 bridgehead atoms.